The third-order valence-electron chi connectivity index (χ3n) is 3.84. The fourth-order valence-corrected chi connectivity index (χ4v) is 3.08. The fraction of sp³-hybridized carbons (Fsp3) is 0.500. The molecule has 2 heteroatoms. The highest BCUT2D eigenvalue weighted by Crippen LogP contribution is 2.54. The van der Waals surface area contributed by atoms with E-state index in [0.717, 1.165) is 19.3 Å². The molecule has 2 nitrogen and oxygen atoms in total. The SMILES string of the molecule is O=C1C=C[C@]23CC(=O)C(CCC2=C1)C3. The molecule has 72 valence electrons. The van der Waals surface area contributed by atoms with Crippen LogP contribution in [-0.2, 0) is 9.59 Å². The number of hydrogen-bond donors (Lipinski definition) is 0. The molecule has 0 heterocycles. The summed E-state index contributed by atoms with van der Waals surface area (Å²) >= 11 is 0. The molecule has 3 aliphatic rings. The first-order chi connectivity index (χ1) is 6.70. The van der Waals surface area contributed by atoms with Gasteiger partial charge in [-0.05, 0) is 31.4 Å². The average Bonchev–Trinajstić information content (AvgIpc) is 2.41. The summed E-state index contributed by atoms with van der Waals surface area (Å²) in [6.07, 6.45) is 8.82. The maximum Gasteiger partial charge on any atom is 0.178 e. The molecule has 14 heavy (non-hydrogen) atoms. The molecule has 0 radical (unpaired) electrons. The maximum atomic E-state index is 11.6. The highest BCUT2D eigenvalue weighted by molar-refractivity contribution is 6.02. The van der Waals surface area contributed by atoms with Crippen LogP contribution in [0.4, 0.5) is 0 Å². The Hall–Kier alpha value is -1.18. The van der Waals surface area contributed by atoms with Crippen molar-refractivity contribution >= 4 is 11.6 Å². The zero-order chi connectivity index (χ0) is 9.76. The summed E-state index contributed by atoms with van der Waals surface area (Å²) in [5.41, 5.74) is 1.15. The van der Waals surface area contributed by atoms with Crippen LogP contribution in [-0.4, -0.2) is 11.6 Å². The second-order valence-electron chi connectivity index (χ2n) is 4.64. The Kier molecular flexibility index (Phi) is 1.42. The fourth-order valence-electron chi connectivity index (χ4n) is 3.08. The monoisotopic (exact) mass is 188 g/mol. The first-order valence-electron chi connectivity index (χ1n) is 5.17. The highest BCUT2D eigenvalue weighted by Gasteiger charge is 2.49. The quantitative estimate of drug-likeness (QED) is 0.581. The minimum atomic E-state index is -0.0477. The zero-order valence-corrected chi connectivity index (χ0v) is 7.95. The third kappa shape index (κ3) is 0.912. The molecule has 0 aromatic heterocycles. The van der Waals surface area contributed by atoms with Crippen molar-refractivity contribution in [1.82, 2.24) is 0 Å². The van der Waals surface area contributed by atoms with Gasteiger partial charge in [0, 0.05) is 17.8 Å². The molecule has 1 unspecified atom stereocenters. The van der Waals surface area contributed by atoms with Crippen molar-refractivity contribution in [3.8, 4) is 0 Å². The predicted octanol–water partition coefficient (Wildman–Crippen LogP) is 1.81. The van der Waals surface area contributed by atoms with Gasteiger partial charge in [0.2, 0.25) is 0 Å². The van der Waals surface area contributed by atoms with Crippen LogP contribution in [0.15, 0.2) is 23.8 Å². The number of ketones is 2. The molecule has 0 amide bonds. The Morgan fingerprint density at radius 3 is 3.07 bits per heavy atom. The summed E-state index contributed by atoms with van der Waals surface area (Å²) in [5.74, 6) is 0.751. The Labute approximate surface area is 82.7 Å². The van der Waals surface area contributed by atoms with E-state index in [-0.39, 0.29) is 17.1 Å². The van der Waals surface area contributed by atoms with E-state index in [1.54, 1.807) is 12.2 Å². The van der Waals surface area contributed by atoms with Gasteiger partial charge >= 0.3 is 0 Å². The number of carbonyl (C=O) groups is 2. The first-order valence-corrected chi connectivity index (χ1v) is 5.17. The Bertz CT molecular complexity index is 389. The van der Waals surface area contributed by atoms with E-state index in [9.17, 15) is 9.59 Å². The smallest absolute Gasteiger partial charge is 0.178 e. The molecule has 0 N–H and O–H groups in total. The molecule has 2 atom stereocenters. The van der Waals surface area contributed by atoms with Crippen molar-refractivity contribution < 1.29 is 9.59 Å². The minimum absolute atomic E-state index is 0.0477. The number of allylic oxidation sites excluding steroid dienone is 4. The van der Waals surface area contributed by atoms with E-state index in [1.807, 2.05) is 6.08 Å². The largest absolute Gasteiger partial charge is 0.299 e. The van der Waals surface area contributed by atoms with Gasteiger partial charge in [-0.1, -0.05) is 11.6 Å². The van der Waals surface area contributed by atoms with Crippen LogP contribution in [0.2, 0.25) is 0 Å². The number of Topliss-reactive ketones (excluding diaryl/α,β-unsaturated/α-hetero) is 1. The Morgan fingerprint density at radius 1 is 1.36 bits per heavy atom. The Morgan fingerprint density at radius 2 is 2.21 bits per heavy atom. The molecule has 3 aliphatic carbocycles. The lowest BCUT2D eigenvalue weighted by atomic mass is 9.69. The number of fused-ring (bicyclic) bond motifs is 1. The number of carbonyl (C=O) groups excluding carboxylic acids is 2. The van der Waals surface area contributed by atoms with Gasteiger partial charge in [-0.2, -0.15) is 0 Å². The molecule has 2 bridgehead atoms. The van der Waals surface area contributed by atoms with Crippen LogP contribution in [0.5, 0.6) is 0 Å². The van der Waals surface area contributed by atoms with Crippen molar-refractivity contribution in [2.24, 2.45) is 11.3 Å². The van der Waals surface area contributed by atoms with Gasteiger partial charge in [0.05, 0.1) is 0 Å². The molecular weight excluding hydrogens is 176 g/mol. The maximum absolute atomic E-state index is 11.6. The van der Waals surface area contributed by atoms with Crippen LogP contribution in [0.3, 0.4) is 0 Å². The summed E-state index contributed by atoms with van der Waals surface area (Å²) in [4.78, 5) is 22.9. The first kappa shape index (κ1) is 8.16. The Balaban J connectivity index is 2.09. The number of hydrogen-bond acceptors (Lipinski definition) is 2. The van der Waals surface area contributed by atoms with E-state index in [2.05, 4.69) is 0 Å². The second-order valence-corrected chi connectivity index (χ2v) is 4.64. The van der Waals surface area contributed by atoms with E-state index < -0.39 is 0 Å². The summed E-state index contributed by atoms with van der Waals surface area (Å²) in [5, 5.41) is 0. The van der Waals surface area contributed by atoms with Crippen molar-refractivity contribution in [2.75, 3.05) is 0 Å². The second kappa shape index (κ2) is 2.44. The van der Waals surface area contributed by atoms with Gasteiger partial charge in [0.15, 0.2) is 5.78 Å². The third-order valence-corrected chi connectivity index (χ3v) is 3.84. The zero-order valence-electron chi connectivity index (χ0n) is 7.95. The van der Waals surface area contributed by atoms with Gasteiger partial charge in [-0.3, -0.25) is 9.59 Å². The van der Waals surface area contributed by atoms with Gasteiger partial charge in [0.1, 0.15) is 5.78 Å². The standard InChI is InChI=1S/C12H12O2/c13-10-3-4-12-6-8(11(14)7-12)1-2-9(12)5-10/h3-5,8H,1-2,6-7H2/t8?,12-/m0/s1. The van der Waals surface area contributed by atoms with Crippen LogP contribution in [0.1, 0.15) is 25.7 Å². The van der Waals surface area contributed by atoms with E-state index in [1.165, 1.54) is 5.57 Å². The molecule has 0 aliphatic heterocycles. The van der Waals surface area contributed by atoms with E-state index in [4.69, 9.17) is 0 Å². The molecule has 2 fully saturated rings. The summed E-state index contributed by atoms with van der Waals surface area (Å²) in [7, 11) is 0. The van der Waals surface area contributed by atoms with Gasteiger partial charge in [-0.25, -0.2) is 0 Å². The summed E-state index contributed by atoms with van der Waals surface area (Å²) in [6.45, 7) is 0. The summed E-state index contributed by atoms with van der Waals surface area (Å²) < 4.78 is 0. The van der Waals surface area contributed by atoms with Crippen LogP contribution in [0.25, 0.3) is 0 Å². The molecule has 2 saturated carbocycles. The molecule has 1 spiro atoms. The lowest BCUT2D eigenvalue weighted by molar-refractivity contribution is -0.120. The number of rotatable bonds is 0. The van der Waals surface area contributed by atoms with E-state index in [0.29, 0.717) is 12.2 Å². The normalized spacial score (nSPS) is 39.7. The van der Waals surface area contributed by atoms with Crippen LogP contribution < -0.4 is 0 Å². The van der Waals surface area contributed by atoms with Gasteiger partial charge < -0.3 is 0 Å². The van der Waals surface area contributed by atoms with Crippen molar-refractivity contribution in [2.45, 2.75) is 25.7 Å². The molecule has 0 aromatic carbocycles. The summed E-state index contributed by atoms with van der Waals surface area (Å²) in [6, 6.07) is 0. The van der Waals surface area contributed by atoms with Crippen LogP contribution in [0, 0.1) is 11.3 Å². The molecule has 3 rings (SSSR count). The molecule has 0 aromatic rings. The minimum Gasteiger partial charge on any atom is -0.299 e. The highest BCUT2D eigenvalue weighted by atomic mass is 16.1. The lowest BCUT2D eigenvalue weighted by Crippen LogP contribution is -2.24. The van der Waals surface area contributed by atoms with Crippen molar-refractivity contribution in [1.29, 1.82) is 0 Å². The van der Waals surface area contributed by atoms with Crippen molar-refractivity contribution in [3.63, 3.8) is 0 Å². The van der Waals surface area contributed by atoms with Crippen LogP contribution >= 0.6 is 0 Å². The average molecular weight is 188 g/mol. The predicted molar refractivity (Wildman–Crippen MR) is 51.6 cm³/mol. The molecular formula is C12H12O2. The van der Waals surface area contributed by atoms with Gasteiger partial charge in [0.25, 0.3) is 0 Å². The van der Waals surface area contributed by atoms with E-state index >= 15 is 0 Å². The topological polar surface area (TPSA) is 34.1 Å². The van der Waals surface area contributed by atoms with Crippen molar-refractivity contribution in [3.05, 3.63) is 23.8 Å². The molecule has 0 saturated heterocycles. The lowest BCUT2D eigenvalue weighted by Gasteiger charge is -2.34. The van der Waals surface area contributed by atoms with Gasteiger partial charge in [-0.15, -0.1) is 0 Å².